The molecule has 0 unspecified atom stereocenters. The zero-order valence-corrected chi connectivity index (χ0v) is 14.5. The van der Waals surface area contributed by atoms with Gasteiger partial charge in [0.1, 0.15) is 22.4 Å². The summed E-state index contributed by atoms with van der Waals surface area (Å²) in [4.78, 5) is 25.1. The Hall–Kier alpha value is -2.90. The summed E-state index contributed by atoms with van der Waals surface area (Å²) in [5, 5.41) is 5.37. The Morgan fingerprint density at radius 2 is 2.16 bits per heavy atom. The molecule has 0 aromatic carbocycles. The monoisotopic (exact) mass is 341 g/mol. The minimum atomic E-state index is -0.205. The quantitative estimate of drug-likeness (QED) is 0.633. The van der Waals surface area contributed by atoms with E-state index in [0.29, 0.717) is 24.4 Å². The lowest BCUT2D eigenvalue weighted by Gasteiger charge is -2.11. The number of hydrogen-bond acceptors (Lipinski definition) is 5. The van der Waals surface area contributed by atoms with Gasteiger partial charge in [-0.15, -0.1) is 0 Å². The molecule has 0 radical (unpaired) electrons. The highest BCUT2D eigenvalue weighted by molar-refractivity contribution is 6.04. The van der Waals surface area contributed by atoms with Crippen LogP contribution < -0.4 is 16.4 Å². The number of nitrogens with zero attached hydrogens (tertiary/aromatic N) is 4. The van der Waals surface area contributed by atoms with Gasteiger partial charge in [0.15, 0.2) is 5.82 Å². The molecule has 0 spiro atoms. The molecule has 3 aromatic rings. The van der Waals surface area contributed by atoms with Crippen molar-refractivity contribution in [2.75, 3.05) is 19.3 Å². The van der Waals surface area contributed by atoms with Gasteiger partial charge in [-0.1, -0.05) is 13.3 Å². The lowest BCUT2D eigenvalue weighted by molar-refractivity contribution is 0.242. The van der Waals surface area contributed by atoms with Gasteiger partial charge >= 0.3 is 6.03 Å². The molecule has 2 amide bonds. The van der Waals surface area contributed by atoms with Crippen LogP contribution in [0.5, 0.6) is 0 Å². The number of urea groups is 1. The standard InChI is InChI=1S/C17H23N7O/c1-3-4-7-12-23-14-15(24(12)10-9-21-17(25)19-2)13-11(22-16(14)18)6-5-8-20-13/h5-6,8H,3-4,7,9-10H2,1-2H3,(H2,18,22)(H2,19,21,25). The van der Waals surface area contributed by atoms with Crippen molar-refractivity contribution in [2.24, 2.45) is 0 Å². The molecule has 0 saturated heterocycles. The van der Waals surface area contributed by atoms with Gasteiger partial charge in [0.25, 0.3) is 0 Å². The Labute approximate surface area is 145 Å². The molecule has 8 nitrogen and oxygen atoms in total. The van der Waals surface area contributed by atoms with Crippen LogP contribution in [-0.4, -0.2) is 39.1 Å². The number of amides is 2. The third kappa shape index (κ3) is 3.33. The van der Waals surface area contributed by atoms with E-state index < -0.39 is 0 Å². The van der Waals surface area contributed by atoms with E-state index in [1.807, 2.05) is 12.1 Å². The molecule has 0 aliphatic rings. The van der Waals surface area contributed by atoms with Crippen molar-refractivity contribution in [3.63, 3.8) is 0 Å². The first kappa shape index (κ1) is 16.9. The molecule has 132 valence electrons. The van der Waals surface area contributed by atoms with Crippen molar-refractivity contribution < 1.29 is 4.79 Å². The van der Waals surface area contributed by atoms with Crippen LogP contribution in [0.15, 0.2) is 18.3 Å². The van der Waals surface area contributed by atoms with Gasteiger partial charge in [-0.2, -0.15) is 0 Å². The molecule has 0 saturated carbocycles. The second kappa shape index (κ2) is 7.33. The van der Waals surface area contributed by atoms with Crippen molar-refractivity contribution in [1.29, 1.82) is 0 Å². The van der Waals surface area contributed by atoms with E-state index in [1.54, 1.807) is 13.2 Å². The SMILES string of the molecule is CCCCc1nc2c(N)nc3cccnc3c2n1CCNC(=O)NC. The van der Waals surface area contributed by atoms with Crippen LogP contribution in [0, 0.1) is 0 Å². The van der Waals surface area contributed by atoms with E-state index >= 15 is 0 Å². The highest BCUT2D eigenvalue weighted by Gasteiger charge is 2.17. The number of nitrogens with two attached hydrogens (primary N) is 1. The third-order valence-electron chi connectivity index (χ3n) is 4.14. The second-order valence-electron chi connectivity index (χ2n) is 5.85. The molecule has 0 aliphatic heterocycles. The minimum absolute atomic E-state index is 0.205. The molecule has 3 heterocycles. The molecule has 0 aliphatic carbocycles. The number of aryl methyl sites for hydroxylation is 1. The number of anilines is 1. The first-order valence-corrected chi connectivity index (χ1v) is 8.50. The molecular weight excluding hydrogens is 318 g/mol. The molecule has 0 bridgehead atoms. The Morgan fingerprint density at radius 3 is 2.92 bits per heavy atom. The zero-order chi connectivity index (χ0) is 17.8. The number of carbonyl (C=O) groups excluding carboxylic acids is 1. The van der Waals surface area contributed by atoms with E-state index in [1.165, 1.54) is 0 Å². The highest BCUT2D eigenvalue weighted by atomic mass is 16.2. The number of hydrogen-bond donors (Lipinski definition) is 3. The maximum Gasteiger partial charge on any atom is 0.314 e. The molecular formula is C17H23N7O. The van der Waals surface area contributed by atoms with Crippen LogP contribution in [0.25, 0.3) is 22.1 Å². The largest absolute Gasteiger partial charge is 0.382 e. The fourth-order valence-electron chi connectivity index (χ4n) is 2.91. The van der Waals surface area contributed by atoms with Crippen molar-refractivity contribution >= 4 is 33.9 Å². The number of nitrogens with one attached hydrogen (secondary N) is 2. The van der Waals surface area contributed by atoms with Crippen LogP contribution in [0.1, 0.15) is 25.6 Å². The van der Waals surface area contributed by atoms with E-state index in [-0.39, 0.29) is 6.03 Å². The summed E-state index contributed by atoms with van der Waals surface area (Å²) in [7, 11) is 1.60. The average Bonchev–Trinajstić information content (AvgIpc) is 2.99. The van der Waals surface area contributed by atoms with Crippen LogP contribution in [0.2, 0.25) is 0 Å². The predicted octanol–water partition coefficient (Wildman–Crippen LogP) is 1.83. The van der Waals surface area contributed by atoms with Crippen molar-refractivity contribution in [2.45, 2.75) is 32.7 Å². The van der Waals surface area contributed by atoms with Crippen LogP contribution in [0.4, 0.5) is 10.6 Å². The first-order chi connectivity index (χ1) is 12.2. The summed E-state index contributed by atoms with van der Waals surface area (Å²) in [6.07, 6.45) is 4.70. The zero-order valence-electron chi connectivity index (χ0n) is 14.5. The molecule has 3 aromatic heterocycles. The van der Waals surface area contributed by atoms with Crippen LogP contribution in [-0.2, 0) is 13.0 Å². The number of carbonyl (C=O) groups is 1. The van der Waals surface area contributed by atoms with Gasteiger partial charge in [-0.05, 0) is 18.6 Å². The summed E-state index contributed by atoms with van der Waals surface area (Å²) in [6.45, 7) is 3.23. The molecule has 8 heteroatoms. The van der Waals surface area contributed by atoms with Crippen molar-refractivity contribution in [1.82, 2.24) is 30.2 Å². The van der Waals surface area contributed by atoms with Gasteiger partial charge < -0.3 is 20.9 Å². The van der Waals surface area contributed by atoms with E-state index in [9.17, 15) is 4.79 Å². The van der Waals surface area contributed by atoms with Crippen molar-refractivity contribution in [3.8, 4) is 0 Å². The van der Waals surface area contributed by atoms with Crippen LogP contribution in [0.3, 0.4) is 0 Å². The maximum absolute atomic E-state index is 11.4. The number of aromatic nitrogens is 4. The number of pyridine rings is 2. The Morgan fingerprint density at radius 1 is 1.32 bits per heavy atom. The topological polar surface area (TPSA) is 111 Å². The molecule has 0 fully saturated rings. The summed E-state index contributed by atoms with van der Waals surface area (Å²) in [5.41, 5.74) is 9.22. The smallest absolute Gasteiger partial charge is 0.314 e. The van der Waals surface area contributed by atoms with E-state index in [4.69, 9.17) is 10.7 Å². The second-order valence-corrected chi connectivity index (χ2v) is 5.85. The molecule has 25 heavy (non-hydrogen) atoms. The predicted molar refractivity (Wildman–Crippen MR) is 98.3 cm³/mol. The number of nitrogen functional groups attached to an aromatic ring is 1. The normalized spacial score (nSPS) is 11.1. The Bertz CT molecular complexity index is 903. The van der Waals surface area contributed by atoms with Gasteiger partial charge in [0, 0.05) is 32.8 Å². The van der Waals surface area contributed by atoms with Gasteiger partial charge in [-0.3, -0.25) is 4.98 Å². The van der Waals surface area contributed by atoms with E-state index in [2.05, 4.69) is 32.1 Å². The fraction of sp³-hybridized carbons (Fsp3) is 0.412. The Balaban J connectivity index is 2.10. The van der Waals surface area contributed by atoms with Gasteiger partial charge in [0.2, 0.25) is 0 Å². The fourth-order valence-corrected chi connectivity index (χ4v) is 2.91. The van der Waals surface area contributed by atoms with Crippen molar-refractivity contribution in [3.05, 3.63) is 24.2 Å². The number of imidazole rings is 1. The summed E-state index contributed by atoms with van der Waals surface area (Å²) in [6, 6.07) is 3.53. The van der Waals surface area contributed by atoms with Gasteiger partial charge in [0.05, 0.1) is 5.52 Å². The summed E-state index contributed by atoms with van der Waals surface area (Å²) in [5.74, 6) is 1.36. The third-order valence-corrected chi connectivity index (χ3v) is 4.14. The Kier molecular flexibility index (Phi) is 4.97. The number of fused-ring (bicyclic) bond motifs is 3. The van der Waals surface area contributed by atoms with E-state index in [0.717, 1.165) is 41.6 Å². The molecule has 0 atom stereocenters. The summed E-state index contributed by atoms with van der Waals surface area (Å²) >= 11 is 0. The van der Waals surface area contributed by atoms with Crippen LogP contribution >= 0.6 is 0 Å². The van der Waals surface area contributed by atoms with Gasteiger partial charge in [-0.25, -0.2) is 14.8 Å². The molecule has 4 N–H and O–H groups in total. The molecule has 3 rings (SSSR count). The average molecular weight is 341 g/mol. The first-order valence-electron chi connectivity index (χ1n) is 8.50. The number of unbranched alkanes of at least 4 members (excludes halogenated alkanes) is 1. The highest BCUT2D eigenvalue weighted by Crippen LogP contribution is 2.27. The minimum Gasteiger partial charge on any atom is -0.382 e. The summed E-state index contributed by atoms with van der Waals surface area (Å²) < 4.78 is 2.11. The maximum atomic E-state index is 11.4. The number of rotatable bonds is 6. The lowest BCUT2D eigenvalue weighted by atomic mass is 10.2. The lowest BCUT2D eigenvalue weighted by Crippen LogP contribution is -2.35.